The first-order valence-corrected chi connectivity index (χ1v) is 5.18. The summed E-state index contributed by atoms with van der Waals surface area (Å²) in [6.45, 7) is 0.752. The van der Waals surface area contributed by atoms with Crippen LogP contribution in [0.4, 0.5) is 5.69 Å². The number of hydrogen-bond acceptors (Lipinski definition) is 2. The first kappa shape index (κ1) is 10.3. The number of carboxylic acids is 1. The van der Waals surface area contributed by atoms with Crippen molar-refractivity contribution >= 4 is 23.3 Å². The minimum absolute atomic E-state index is 0.0567. The number of hydrogen-bond donors (Lipinski definition) is 1. The van der Waals surface area contributed by atoms with Gasteiger partial charge in [0.05, 0.1) is 6.42 Å². The van der Waals surface area contributed by atoms with Gasteiger partial charge in [-0.05, 0) is 23.8 Å². The summed E-state index contributed by atoms with van der Waals surface area (Å²) in [7, 11) is 1.97. The average Bonchev–Trinajstić information content (AvgIpc) is 2.42. The predicted octanol–water partition coefficient (Wildman–Crippen LogP) is 2.35. The van der Waals surface area contributed by atoms with Crippen LogP contribution in [0.15, 0.2) is 18.2 Å². The standard InChI is InChI=1S/C11H12ClNO2/c1-13-6-7(4-11(14)15)9-5-8(12)2-3-10(9)13/h2-3,5,7H,4,6H2,1H3,(H,14,15). The van der Waals surface area contributed by atoms with Crippen molar-refractivity contribution in [2.24, 2.45) is 0 Å². The lowest BCUT2D eigenvalue weighted by Gasteiger charge is -2.11. The molecule has 3 nitrogen and oxygen atoms in total. The fourth-order valence-electron chi connectivity index (χ4n) is 2.11. The van der Waals surface area contributed by atoms with E-state index in [0.717, 1.165) is 17.8 Å². The van der Waals surface area contributed by atoms with Crippen LogP contribution in [0.2, 0.25) is 5.02 Å². The number of halogens is 1. The number of aliphatic carboxylic acids is 1. The Morgan fingerprint density at radius 2 is 2.40 bits per heavy atom. The molecule has 0 bridgehead atoms. The van der Waals surface area contributed by atoms with Crippen molar-refractivity contribution in [1.29, 1.82) is 0 Å². The smallest absolute Gasteiger partial charge is 0.304 e. The zero-order valence-corrected chi connectivity index (χ0v) is 9.16. The summed E-state index contributed by atoms with van der Waals surface area (Å²) in [6.07, 6.45) is 0.164. The Morgan fingerprint density at radius 3 is 3.07 bits per heavy atom. The Kier molecular flexibility index (Phi) is 2.57. The predicted molar refractivity (Wildman–Crippen MR) is 59.7 cm³/mol. The minimum atomic E-state index is -0.763. The molecular weight excluding hydrogens is 214 g/mol. The van der Waals surface area contributed by atoms with Crippen LogP contribution in [0.1, 0.15) is 17.9 Å². The number of rotatable bonds is 2. The van der Waals surface area contributed by atoms with Crippen molar-refractivity contribution in [2.75, 3.05) is 18.5 Å². The number of benzene rings is 1. The van der Waals surface area contributed by atoms with Gasteiger partial charge in [-0.2, -0.15) is 0 Å². The monoisotopic (exact) mass is 225 g/mol. The molecule has 2 rings (SSSR count). The molecule has 1 heterocycles. The van der Waals surface area contributed by atoms with Crippen LogP contribution in [-0.4, -0.2) is 24.7 Å². The summed E-state index contributed by atoms with van der Waals surface area (Å²) in [6, 6.07) is 5.65. The molecule has 0 aliphatic carbocycles. The second kappa shape index (κ2) is 3.74. The molecule has 0 spiro atoms. The van der Waals surface area contributed by atoms with E-state index in [2.05, 4.69) is 4.90 Å². The van der Waals surface area contributed by atoms with Gasteiger partial charge in [-0.3, -0.25) is 4.79 Å². The van der Waals surface area contributed by atoms with Crippen molar-refractivity contribution < 1.29 is 9.90 Å². The Hall–Kier alpha value is -1.22. The van der Waals surface area contributed by atoms with Crippen molar-refractivity contribution in [2.45, 2.75) is 12.3 Å². The summed E-state index contributed by atoms with van der Waals surface area (Å²) in [5.41, 5.74) is 2.14. The fraction of sp³-hybridized carbons (Fsp3) is 0.364. The topological polar surface area (TPSA) is 40.5 Å². The van der Waals surface area contributed by atoms with Gasteiger partial charge in [-0.1, -0.05) is 11.6 Å². The van der Waals surface area contributed by atoms with Gasteiger partial charge in [-0.25, -0.2) is 0 Å². The average molecular weight is 226 g/mol. The number of anilines is 1. The molecule has 0 saturated heterocycles. The van der Waals surface area contributed by atoms with E-state index in [1.807, 2.05) is 25.2 Å². The van der Waals surface area contributed by atoms with Gasteiger partial charge < -0.3 is 10.0 Å². The van der Waals surface area contributed by atoms with Gasteiger partial charge in [0.15, 0.2) is 0 Å². The van der Waals surface area contributed by atoms with Crippen LogP contribution in [0, 0.1) is 0 Å². The van der Waals surface area contributed by atoms with Crippen LogP contribution in [-0.2, 0) is 4.79 Å². The van der Waals surface area contributed by atoms with Gasteiger partial charge in [0.2, 0.25) is 0 Å². The molecule has 1 aliphatic rings. The highest BCUT2D eigenvalue weighted by atomic mass is 35.5. The molecule has 0 radical (unpaired) electrons. The summed E-state index contributed by atoms with van der Waals surface area (Å²) < 4.78 is 0. The van der Waals surface area contributed by atoms with E-state index in [9.17, 15) is 4.79 Å². The quantitative estimate of drug-likeness (QED) is 0.840. The van der Waals surface area contributed by atoms with E-state index in [-0.39, 0.29) is 12.3 Å². The largest absolute Gasteiger partial charge is 0.481 e. The third-order valence-electron chi connectivity index (χ3n) is 2.76. The van der Waals surface area contributed by atoms with E-state index >= 15 is 0 Å². The molecule has 1 atom stereocenters. The number of carbonyl (C=O) groups is 1. The summed E-state index contributed by atoms with van der Waals surface area (Å²) >= 11 is 5.91. The molecule has 1 aromatic rings. The van der Waals surface area contributed by atoms with Crippen LogP contribution in [0.5, 0.6) is 0 Å². The summed E-state index contributed by atoms with van der Waals surface area (Å²) in [4.78, 5) is 12.8. The first-order valence-electron chi connectivity index (χ1n) is 4.80. The highest BCUT2D eigenvalue weighted by Gasteiger charge is 2.28. The maximum Gasteiger partial charge on any atom is 0.304 e. The zero-order chi connectivity index (χ0) is 11.0. The third-order valence-corrected chi connectivity index (χ3v) is 2.99. The van der Waals surface area contributed by atoms with Crippen LogP contribution >= 0.6 is 11.6 Å². The Morgan fingerprint density at radius 1 is 1.67 bits per heavy atom. The second-order valence-corrected chi connectivity index (χ2v) is 4.31. The molecule has 4 heteroatoms. The van der Waals surface area contributed by atoms with E-state index in [1.54, 1.807) is 0 Å². The van der Waals surface area contributed by atoms with Crippen molar-refractivity contribution in [3.05, 3.63) is 28.8 Å². The van der Waals surface area contributed by atoms with Gasteiger partial charge in [0, 0.05) is 30.2 Å². The van der Waals surface area contributed by atoms with Crippen LogP contribution in [0.3, 0.4) is 0 Å². The van der Waals surface area contributed by atoms with Gasteiger partial charge in [0.25, 0.3) is 0 Å². The molecule has 80 valence electrons. The Labute approximate surface area is 93.3 Å². The maximum atomic E-state index is 10.7. The molecule has 1 aliphatic heterocycles. The lowest BCUT2D eigenvalue weighted by molar-refractivity contribution is -0.137. The molecule has 0 amide bonds. The normalized spacial score (nSPS) is 19.1. The van der Waals surface area contributed by atoms with Gasteiger partial charge >= 0.3 is 5.97 Å². The molecule has 1 aromatic carbocycles. The Bertz CT molecular complexity index is 406. The molecule has 0 aromatic heterocycles. The van der Waals surface area contributed by atoms with Crippen molar-refractivity contribution in [3.63, 3.8) is 0 Å². The number of carboxylic acid groups (broad SMARTS) is 1. The fourth-order valence-corrected chi connectivity index (χ4v) is 2.29. The number of fused-ring (bicyclic) bond motifs is 1. The molecule has 0 saturated carbocycles. The van der Waals surface area contributed by atoms with Crippen molar-refractivity contribution in [3.8, 4) is 0 Å². The highest BCUT2D eigenvalue weighted by molar-refractivity contribution is 6.30. The molecule has 1 N–H and O–H groups in total. The first-order chi connectivity index (χ1) is 7.08. The number of nitrogens with zero attached hydrogens (tertiary/aromatic N) is 1. The van der Waals surface area contributed by atoms with E-state index in [4.69, 9.17) is 16.7 Å². The summed E-state index contributed by atoms with van der Waals surface area (Å²) in [5.74, 6) is -0.706. The maximum absolute atomic E-state index is 10.7. The molecule has 15 heavy (non-hydrogen) atoms. The van der Waals surface area contributed by atoms with Crippen molar-refractivity contribution in [1.82, 2.24) is 0 Å². The zero-order valence-electron chi connectivity index (χ0n) is 8.40. The van der Waals surface area contributed by atoms with Crippen LogP contribution < -0.4 is 4.90 Å². The van der Waals surface area contributed by atoms with E-state index in [1.165, 1.54) is 0 Å². The van der Waals surface area contributed by atoms with Crippen LogP contribution in [0.25, 0.3) is 0 Å². The minimum Gasteiger partial charge on any atom is -0.481 e. The Balaban J connectivity index is 2.35. The molecule has 0 fully saturated rings. The lowest BCUT2D eigenvalue weighted by Crippen LogP contribution is -2.16. The second-order valence-electron chi connectivity index (χ2n) is 3.88. The van der Waals surface area contributed by atoms with Gasteiger partial charge in [-0.15, -0.1) is 0 Å². The third kappa shape index (κ3) is 1.92. The molecular formula is C11H12ClNO2. The number of likely N-dealkylation sites (N-methyl/N-ethyl adjacent to an activating group) is 1. The summed E-state index contributed by atoms with van der Waals surface area (Å²) in [5, 5.41) is 9.47. The van der Waals surface area contributed by atoms with E-state index in [0.29, 0.717) is 5.02 Å². The SMILES string of the molecule is CN1CC(CC(=O)O)c2cc(Cl)ccc21. The highest BCUT2D eigenvalue weighted by Crippen LogP contribution is 2.38. The van der Waals surface area contributed by atoms with Gasteiger partial charge in [0.1, 0.15) is 0 Å². The molecule has 1 unspecified atom stereocenters. The van der Waals surface area contributed by atoms with E-state index < -0.39 is 5.97 Å². The lowest BCUT2D eigenvalue weighted by atomic mass is 9.98.